The van der Waals surface area contributed by atoms with E-state index in [9.17, 15) is 4.79 Å². The number of nitrogens with zero attached hydrogens (tertiary/aromatic N) is 3. The number of rotatable bonds is 8. The molecule has 10 heteroatoms. The van der Waals surface area contributed by atoms with E-state index in [1.807, 2.05) is 37.3 Å². The summed E-state index contributed by atoms with van der Waals surface area (Å²) in [7, 11) is 1.56. The molecule has 38 heavy (non-hydrogen) atoms. The second-order valence-corrected chi connectivity index (χ2v) is 11.2. The van der Waals surface area contributed by atoms with E-state index in [-0.39, 0.29) is 11.4 Å². The van der Waals surface area contributed by atoms with Gasteiger partial charge in [0.1, 0.15) is 24.0 Å². The van der Waals surface area contributed by atoms with Crippen LogP contribution in [0.5, 0.6) is 17.2 Å². The van der Waals surface area contributed by atoms with E-state index in [0.29, 0.717) is 45.8 Å². The molecule has 0 spiro atoms. The largest absolute Gasteiger partial charge is 0.493 e. The van der Waals surface area contributed by atoms with E-state index in [1.54, 1.807) is 19.3 Å². The Bertz CT molecular complexity index is 1330. The molecule has 1 amide bonds. The van der Waals surface area contributed by atoms with Gasteiger partial charge in [0, 0.05) is 5.92 Å². The molecule has 0 aromatic heterocycles. The second-order valence-electron chi connectivity index (χ2n) is 9.34. The molecule has 0 unspecified atom stereocenters. The molecule has 198 valence electrons. The average molecular weight is 598 g/mol. The third-order valence-electron chi connectivity index (χ3n) is 6.61. The van der Waals surface area contributed by atoms with Gasteiger partial charge in [-0.15, -0.1) is 0 Å². The van der Waals surface area contributed by atoms with Crippen LogP contribution in [-0.2, 0) is 4.79 Å². The number of ether oxygens (including phenoxy) is 3. The van der Waals surface area contributed by atoms with Crippen molar-refractivity contribution in [2.45, 2.75) is 39.0 Å². The van der Waals surface area contributed by atoms with Crippen molar-refractivity contribution < 1.29 is 19.0 Å². The summed E-state index contributed by atoms with van der Waals surface area (Å²) in [6, 6.07) is 11.4. The normalized spacial score (nSPS) is 18.8. The lowest BCUT2D eigenvalue weighted by atomic mass is 9.90. The number of carbonyl (C=O) groups excluding carboxylic acids is 1. The van der Waals surface area contributed by atoms with E-state index < -0.39 is 5.91 Å². The Labute approximate surface area is 234 Å². The number of benzene rings is 2. The Morgan fingerprint density at radius 2 is 1.87 bits per heavy atom. The van der Waals surface area contributed by atoms with E-state index in [1.165, 1.54) is 41.6 Å². The van der Waals surface area contributed by atoms with E-state index in [0.717, 1.165) is 23.6 Å². The van der Waals surface area contributed by atoms with Crippen molar-refractivity contribution in [3.05, 3.63) is 57.6 Å². The van der Waals surface area contributed by atoms with Gasteiger partial charge in [-0.2, -0.15) is 15.1 Å². The number of hydrogen-bond acceptors (Lipinski definition) is 7. The van der Waals surface area contributed by atoms with Gasteiger partial charge in [0.25, 0.3) is 5.91 Å². The number of hydrogen-bond donors (Lipinski definition) is 1. The first-order chi connectivity index (χ1) is 18.4. The molecule has 1 saturated carbocycles. The van der Waals surface area contributed by atoms with Gasteiger partial charge in [0.2, 0.25) is 5.17 Å². The zero-order valence-corrected chi connectivity index (χ0v) is 23.7. The minimum absolute atomic E-state index is 0.0296. The summed E-state index contributed by atoms with van der Waals surface area (Å²) >= 11 is 4.98. The number of thioether (sulfide) groups is 1. The fraction of sp³-hybridized carbons (Fsp3) is 0.357. The number of fused-ring (bicyclic) bond motifs is 1. The smallest absolute Gasteiger partial charge is 0.283 e. The molecule has 5 rings (SSSR count). The maximum atomic E-state index is 12.9. The number of amidine groups is 2. The van der Waals surface area contributed by atoms with Crippen LogP contribution in [0.25, 0.3) is 6.08 Å². The average Bonchev–Trinajstić information content (AvgIpc) is 3.35. The highest BCUT2D eigenvalue weighted by molar-refractivity contribution is 9.10. The number of amides is 1. The highest BCUT2D eigenvalue weighted by Gasteiger charge is 2.38. The van der Waals surface area contributed by atoms with Crippen LogP contribution in [0.3, 0.4) is 0 Å². The summed E-state index contributed by atoms with van der Waals surface area (Å²) in [6.45, 7) is 2.71. The minimum Gasteiger partial charge on any atom is -0.493 e. The molecular weight excluding hydrogens is 568 g/mol. The molecule has 0 atom stereocenters. The van der Waals surface area contributed by atoms with E-state index in [2.05, 4.69) is 26.0 Å². The first-order valence-electron chi connectivity index (χ1n) is 12.6. The lowest BCUT2D eigenvalue weighted by molar-refractivity contribution is -0.114. The summed E-state index contributed by atoms with van der Waals surface area (Å²) in [4.78, 5) is 17.1. The van der Waals surface area contributed by atoms with Crippen LogP contribution in [0.15, 0.2) is 56.5 Å². The number of carbonyl (C=O) groups is 1. The van der Waals surface area contributed by atoms with Crippen LogP contribution < -0.4 is 14.2 Å². The van der Waals surface area contributed by atoms with Crippen LogP contribution in [0, 0.1) is 18.3 Å². The summed E-state index contributed by atoms with van der Waals surface area (Å²) in [5.41, 5.74) is 2.02. The number of aryl methyl sites for hydroxylation is 1. The van der Waals surface area contributed by atoms with Gasteiger partial charge in [0.05, 0.1) is 17.2 Å². The van der Waals surface area contributed by atoms with Crippen molar-refractivity contribution in [3.63, 3.8) is 0 Å². The van der Waals surface area contributed by atoms with Crippen LogP contribution in [0.1, 0.15) is 43.2 Å². The molecule has 0 radical (unpaired) electrons. The third kappa shape index (κ3) is 5.81. The Kier molecular flexibility index (Phi) is 8.18. The molecule has 2 aliphatic heterocycles. The number of hydrazone groups is 1. The molecule has 2 aromatic carbocycles. The Balaban J connectivity index is 1.29. The van der Waals surface area contributed by atoms with E-state index in [4.69, 9.17) is 19.6 Å². The Morgan fingerprint density at radius 3 is 2.61 bits per heavy atom. The maximum absolute atomic E-state index is 12.9. The third-order valence-corrected chi connectivity index (χ3v) is 8.27. The number of methoxy groups -OCH3 is 1. The fourth-order valence-electron chi connectivity index (χ4n) is 4.59. The zero-order valence-electron chi connectivity index (χ0n) is 21.3. The number of nitrogens with one attached hydrogen (secondary N) is 1. The zero-order chi connectivity index (χ0) is 26.6. The molecular formula is C28H29BrN4O4S. The highest BCUT2D eigenvalue weighted by Crippen LogP contribution is 2.39. The summed E-state index contributed by atoms with van der Waals surface area (Å²) in [5, 5.41) is 16.3. The molecule has 8 nitrogen and oxygen atoms in total. The van der Waals surface area contributed by atoms with Gasteiger partial charge >= 0.3 is 0 Å². The maximum Gasteiger partial charge on any atom is 0.283 e. The number of aliphatic imine (C=N–C) groups is 1. The van der Waals surface area contributed by atoms with Gasteiger partial charge in [-0.3, -0.25) is 10.2 Å². The lowest BCUT2D eigenvalue weighted by Crippen LogP contribution is -2.35. The molecule has 1 N–H and O–H groups in total. The predicted octanol–water partition coefficient (Wildman–Crippen LogP) is 6.42. The van der Waals surface area contributed by atoms with Crippen molar-refractivity contribution in [1.82, 2.24) is 5.01 Å². The van der Waals surface area contributed by atoms with Crippen molar-refractivity contribution >= 4 is 55.7 Å². The van der Waals surface area contributed by atoms with Crippen molar-refractivity contribution in [2.24, 2.45) is 16.0 Å². The lowest BCUT2D eigenvalue weighted by Gasteiger charge is -2.20. The van der Waals surface area contributed by atoms with E-state index >= 15 is 0 Å². The van der Waals surface area contributed by atoms with Crippen molar-refractivity contribution in [1.29, 1.82) is 5.41 Å². The van der Waals surface area contributed by atoms with Gasteiger partial charge in [-0.05, 0) is 83.4 Å². The van der Waals surface area contributed by atoms with Gasteiger partial charge in [-0.1, -0.05) is 37.0 Å². The van der Waals surface area contributed by atoms with Crippen LogP contribution in [-0.4, -0.2) is 47.3 Å². The molecule has 3 aliphatic rings. The Morgan fingerprint density at radius 1 is 1.13 bits per heavy atom. The van der Waals surface area contributed by atoms with Crippen LogP contribution in [0.2, 0.25) is 0 Å². The highest BCUT2D eigenvalue weighted by atomic mass is 79.9. The quantitative estimate of drug-likeness (QED) is 0.279. The molecule has 1 fully saturated rings. The first kappa shape index (κ1) is 26.5. The molecule has 2 aromatic rings. The first-order valence-corrected chi connectivity index (χ1v) is 14.2. The summed E-state index contributed by atoms with van der Waals surface area (Å²) in [5.74, 6) is 1.77. The van der Waals surface area contributed by atoms with Crippen molar-refractivity contribution in [3.8, 4) is 17.2 Å². The second kappa shape index (κ2) is 11.7. The molecule has 2 heterocycles. The fourth-order valence-corrected chi connectivity index (χ4v) is 6.22. The SMILES string of the molecule is COc1cc(/C=C2/C(=N)N3N=C(C4CCCCC4)SC3=NC2=O)cc(Br)c1OCCOc1ccc(C)cc1. The predicted molar refractivity (Wildman–Crippen MR) is 154 cm³/mol. The molecule has 0 bridgehead atoms. The van der Waals surface area contributed by atoms with Crippen molar-refractivity contribution in [2.75, 3.05) is 20.3 Å². The Hall–Kier alpha value is -3.11. The van der Waals surface area contributed by atoms with Crippen LogP contribution >= 0.6 is 27.7 Å². The molecule has 0 saturated heterocycles. The topological polar surface area (TPSA) is 96.6 Å². The van der Waals surface area contributed by atoms with Gasteiger partial charge in [0.15, 0.2) is 17.3 Å². The van der Waals surface area contributed by atoms with Gasteiger partial charge < -0.3 is 14.2 Å². The minimum atomic E-state index is -0.447. The van der Waals surface area contributed by atoms with Gasteiger partial charge in [-0.25, -0.2) is 0 Å². The summed E-state index contributed by atoms with van der Waals surface area (Å²) in [6.07, 6.45) is 7.46. The molecule has 1 aliphatic carbocycles. The standard InChI is InChI=1S/C28H29BrN4O4S/c1-17-8-10-20(11-9-17)36-12-13-37-24-22(29)15-18(16-23(24)35-2)14-21-25(30)33-28(31-26(21)34)38-27(32-33)19-6-4-3-5-7-19/h8-11,14-16,19,30H,3-7,12-13H2,1-2H3/b21-14-,30-25?. The van der Waals surface area contributed by atoms with Crippen LogP contribution in [0.4, 0.5) is 0 Å². The number of halogens is 1. The summed E-state index contributed by atoms with van der Waals surface area (Å²) < 4.78 is 17.9. The monoisotopic (exact) mass is 596 g/mol.